The first-order valence-electron chi connectivity index (χ1n) is 9.72. The SMILES string of the molecule is C[C@H](NC(=O)c1ccccc1NC(=O)COc1ccccc1C(N)=O)c1ccccc1. The van der Waals surface area contributed by atoms with E-state index in [0.717, 1.165) is 5.56 Å². The summed E-state index contributed by atoms with van der Waals surface area (Å²) in [5.41, 5.74) is 7.16. The highest BCUT2D eigenvalue weighted by molar-refractivity contribution is 6.04. The van der Waals surface area contributed by atoms with Crippen LogP contribution in [0.3, 0.4) is 0 Å². The van der Waals surface area contributed by atoms with Crippen LogP contribution in [0.1, 0.15) is 39.2 Å². The number of hydrogen-bond donors (Lipinski definition) is 3. The largest absolute Gasteiger partial charge is 0.483 e. The van der Waals surface area contributed by atoms with Gasteiger partial charge in [-0.1, -0.05) is 54.6 Å². The molecule has 3 amide bonds. The van der Waals surface area contributed by atoms with Crippen LogP contribution in [0.4, 0.5) is 5.69 Å². The first-order valence-corrected chi connectivity index (χ1v) is 9.72. The third-order valence-corrected chi connectivity index (χ3v) is 4.60. The number of anilines is 1. The van der Waals surface area contributed by atoms with Crippen molar-refractivity contribution in [2.24, 2.45) is 5.73 Å². The van der Waals surface area contributed by atoms with Gasteiger partial charge in [0.15, 0.2) is 6.61 Å². The lowest BCUT2D eigenvalue weighted by molar-refractivity contribution is -0.118. The number of nitrogens with two attached hydrogens (primary N) is 1. The minimum atomic E-state index is -0.648. The van der Waals surface area contributed by atoms with E-state index in [-0.39, 0.29) is 29.9 Å². The van der Waals surface area contributed by atoms with Gasteiger partial charge in [0.1, 0.15) is 5.75 Å². The second-order valence-corrected chi connectivity index (χ2v) is 6.85. The molecule has 1 atom stereocenters. The molecule has 0 aromatic heterocycles. The number of ether oxygens (including phenoxy) is 1. The third-order valence-electron chi connectivity index (χ3n) is 4.60. The summed E-state index contributed by atoms with van der Waals surface area (Å²) in [5, 5.41) is 5.61. The normalized spacial score (nSPS) is 11.3. The molecule has 158 valence electrons. The smallest absolute Gasteiger partial charge is 0.262 e. The first-order chi connectivity index (χ1) is 15.0. The molecule has 0 unspecified atom stereocenters. The predicted octanol–water partition coefficient (Wildman–Crippen LogP) is 3.29. The maximum Gasteiger partial charge on any atom is 0.262 e. The lowest BCUT2D eigenvalue weighted by Gasteiger charge is -2.16. The topological polar surface area (TPSA) is 111 Å². The minimum Gasteiger partial charge on any atom is -0.483 e. The summed E-state index contributed by atoms with van der Waals surface area (Å²) in [6.07, 6.45) is 0. The average molecular weight is 417 g/mol. The van der Waals surface area contributed by atoms with Crippen LogP contribution in [0.5, 0.6) is 5.75 Å². The fraction of sp³-hybridized carbons (Fsp3) is 0.125. The highest BCUT2D eigenvalue weighted by Crippen LogP contribution is 2.19. The van der Waals surface area contributed by atoms with Gasteiger partial charge in [-0.3, -0.25) is 14.4 Å². The van der Waals surface area contributed by atoms with Gasteiger partial charge >= 0.3 is 0 Å². The van der Waals surface area contributed by atoms with Crippen molar-refractivity contribution in [2.45, 2.75) is 13.0 Å². The average Bonchev–Trinajstić information content (AvgIpc) is 2.78. The van der Waals surface area contributed by atoms with E-state index >= 15 is 0 Å². The van der Waals surface area contributed by atoms with E-state index in [1.165, 1.54) is 6.07 Å². The molecule has 0 saturated heterocycles. The summed E-state index contributed by atoms with van der Waals surface area (Å²) in [4.78, 5) is 36.7. The van der Waals surface area contributed by atoms with E-state index in [9.17, 15) is 14.4 Å². The Morgan fingerprint density at radius 1 is 0.871 bits per heavy atom. The Balaban J connectivity index is 1.65. The fourth-order valence-electron chi connectivity index (χ4n) is 3.02. The monoisotopic (exact) mass is 417 g/mol. The van der Waals surface area contributed by atoms with Gasteiger partial charge in [-0.05, 0) is 36.8 Å². The maximum absolute atomic E-state index is 12.8. The zero-order valence-electron chi connectivity index (χ0n) is 17.0. The Bertz CT molecular complexity index is 1080. The van der Waals surface area contributed by atoms with E-state index in [1.54, 1.807) is 42.5 Å². The lowest BCUT2D eigenvalue weighted by atomic mass is 10.1. The van der Waals surface area contributed by atoms with Crippen molar-refractivity contribution >= 4 is 23.4 Å². The predicted molar refractivity (Wildman–Crippen MR) is 118 cm³/mol. The number of benzene rings is 3. The standard InChI is InChI=1S/C24H23N3O4/c1-16(17-9-3-2-4-10-17)26-24(30)18-11-5-7-13-20(18)27-22(28)15-31-21-14-8-6-12-19(21)23(25)29/h2-14,16H,15H2,1H3,(H2,25,29)(H,26,30)(H,27,28)/t16-/m0/s1. The van der Waals surface area contributed by atoms with Crippen LogP contribution in [0.2, 0.25) is 0 Å². The summed E-state index contributed by atoms with van der Waals surface area (Å²) < 4.78 is 5.44. The van der Waals surface area contributed by atoms with Gasteiger partial charge in [0, 0.05) is 0 Å². The van der Waals surface area contributed by atoms with Crippen LogP contribution in [0.15, 0.2) is 78.9 Å². The van der Waals surface area contributed by atoms with Crippen LogP contribution in [0, 0.1) is 0 Å². The summed E-state index contributed by atoms with van der Waals surface area (Å²) in [6, 6.07) is 22.5. The van der Waals surface area contributed by atoms with Crippen LogP contribution in [-0.2, 0) is 4.79 Å². The van der Waals surface area contributed by atoms with E-state index in [0.29, 0.717) is 11.3 Å². The molecule has 3 rings (SSSR count). The number of carbonyl (C=O) groups excluding carboxylic acids is 3. The maximum atomic E-state index is 12.8. The third kappa shape index (κ3) is 5.70. The molecular formula is C24H23N3O4. The van der Waals surface area contributed by atoms with E-state index in [2.05, 4.69) is 10.6 Å². The second kappa shape index (κ2) is 10.1. The molecule has 7 nitrogen and oxygen atoms in total. The highest BCUT2D eigenvalue weighted by atomic mass is 16.5. The van der Waals surface area contributed by atoms with Crippen LogP contribution in [0.25, 0.3) is 0 Å². The summed E-state index contributed by atoms with van der Waals surface area (Å²) in [6.45, 7) is 1.54. The molecule has 3 aromatic carbocycles. The molecule has 0 radical (unpaired) electrons. The zero-order chi connectivity index (χ0) is 22.2. The molecule has 0 heterocycles. The summed E-state index contributed by atoms with van der Waals surface area (Å²) in [5.74, 6) is -1.22. The van der Waals surface area contributed by atoms with Crippen molar-refractivity contribution in [3.8, 4) is 5.75 Å². The quantitative estimate of drug-likeness (QED) is 0.522. The van der Waals surface area contributed by atoms with Gasteiger partial charge in [0.25, 0.3) is 17.7 Å². The minimum absolute atomic E-state index is 0.185. The van der Waals surface area contributed by atoms with Crippen LogP contribution >= 0.6 is 0 Å². The molecule has 3 aromatic rings. The molecule has 0 aliphatic rings. The van der Waals surface area contributed by atoms with Gasteiger partial charge in [0.2, 0.25) is 0 Å². The number of amides is 3. The Kier molecular flexibility index (Phi) is 7.01. The molecule has 0 saturated carbocycles. The lowest BCUT2D eigenvalue weighted by Crippen LogP contribution is -2.28. The van der Waals surface area contributed by atoms with Gasteiger partial charge in [0.05, 0.1) is 22.9 Å². The van der Waals surface area contributed by atoms with Crippen molar-refractivity contribution in [3.63, 3.8) is 0 Å². The number of para-hydroxylation sites is 2. The van der Waals surface area contributed by atoms with E-state index in [1.807, 2.05) is 37.3 Å². The molecule has 0 aliphatic heterocycles. The van der Waals surface area contributed by atoms with E-state index < -0.39 is 11.8 Å². The molecule has 0 spiro atoms. The number of nitrogens with one attached hydrogen (secondary N) is 2. The van der Waals surface area contributed by atoms with Gasteiger partial charge in [-0.25, -0.2) is 0 Å². The molecule has 0 aliphatic carbocycles. The molecule has 4 N–H and O–H groups in total. The number of hydrogen-bond acceptors (Lipinski definition) is 4. The second-order valence-electron chi connectivity index (χ2n) is 6.85. The first kappa shape index (κ1) is 21.6. The number of primary amides is 1. The van der Waals surface area contributed by atoms with Crippen LogP contribution in [-0.4, -0.2) is 24.3 Å². The molecular weight excluding hydrogens is 394 g/mol. The van der Waals surface area contributed by atoms with Gasteiger partial charge in [-0.15, -0.1) is 0 Å². The van der Waals surface area contributed by atoms with Crippen molar-refractivity contribution < 1.29 is 19.1 Å². The zero-order valence-corrected chi connectivity index (χ0v) is 17.0. The van der Waals surface area contributed by atoms with Crippen molar-refractivity contribution in [1.82, 2.24) is 5.32 Å². The fourth-order valence-corrected chi connectivity index (χ4v) is 3.02. The number of carbonyl (C=O) groups is 3. The molecule has 7 heteroatoms. The number of rotatable bonds is 8. The van der Waals surface area contributed by atoms with Crippen molar-refractivity contribution in [3.05, 3.63) is 95.6 Å². The molecule has 0 fully saturated rings. The van der Waals surface area contributed by atoms with Crippen molar-refractivity contribution in [1.29, 1.82) is 0 Å². The highest BCUT2D eigenvalue weighted by Gasteiger charge is 2.17. The Morgan fingerprint density at radius 3 is 2.19 bits per heavy atom. The summed E-state index contributed by atoms with van der Waals surface area (Å²) in [7, 11) is 0. The van der Waals surface area contributed by atoms with E-state index in [4.69, 9.17) is 10.5 Å². The Hall–Kier alpha value is -4.13. The van der Waals surface area contributed by atoms with Gasteiger partial charge in [-0.2, -0.15) is 0 Å². The Labute approximate surface area is 180 Å². The molecule has 0 bridgehead atoms. The van der Waals surface area contributed by atoms with Gasteiger partial charge < -0.3 is 21.1 Å². The van der Waals surface area contributed by atoms with Crippen LogP contribution < -0.4 is 21.1 Å². The summed E-state index contributed by atoms with van der Waals surface area (Å²) >= 11 is 0. The van der Waals surface area contributed by atoms with Crippen molar-refractivity contribution in [2.75, 3.05) is 11.9 Å². The Morgan fingerprint density at radius 2 is 1.48 bits per heavy atom. The molecule has 31 heavy (non-hydrogen) atoms.